The van der Waals surface area contributed by atoms with E-state index in [2.05, 4.69) is 17.2 Å². The number of rotatable bonds is 11. The molecule has 0 spiro atoms. The Balaban J connectivity index is 1.48. The molecule has 1 aromatic heterocycles. The number of ether oxygens (including phenoxy) is 1. The molecule has 0 radical (unpaired) electrons. The van der Waals surface area contributed by atoms with E-state index in [0.717, 1.165) is 48.6 Å². The highest BCUT2D eigenvalue weighted by Crippen LogP contribution is 2.40. The summed E-state index contributed by atoms with van der Waals surface area (Å²) in [5.74, 6) is -3.38. The summed E-state index contributed by atoms with van der Waals surface area (Å²) >= 11 is 0. The van der Waals surface area contributed by atoms with Crippen LogP contribution < -0.4 is 10.3 Å². The van der Waals surface area contributed by atoms with E-state index in [4.69, 9.17) is 4.74 Å². The van der Waals surface area contributed by atoms with Crippen LogP contribution >= 0.6 is 0 Å². The maximum atomic E-state index is 13.3. The van der Waals surface area contributed by atoms with Crippen LogP contribution in [0, 0.1) is 17.8 Å². The second-order valence-electron chi connectivity index (χ2n) is 9.91. The van der Waals surface area contributed by atoms with Gasteiger partial charge in [0.25, 0.3) is 5.56 Å². The van der Waals surface area contributed by atoms with Gasteiger partial charge in [0.15, 0.2) is 5.78 Å². The lowest BCUT2D eigenvalue weighted by Gasteiger charge is -2.20. The number of benzene rings is 2. The van der Waals surface area contributed by atoms with Gasteiger partial charge in [0.1, 0.15) is 11.3 Å². The van der Waals surface area contributed by atoms with Crippen molar-refractivity contribution in [3.8, 4) is 5.75 Å². The second kappa shape index (κ2) is 12.0. The van der Waals surface area contributed by atoms with Gasteiger partial charge in [0, 0.05) is 11.5 Å². The average Bonchev–Trinajstić information content (AvgIpc) is 3.33. The zero-order valence-corrected chi connectivity index (χ0v) is 21.5. The van der Waals surface area contributed by atoms with Gasteiger partial charge < -0.3 is 9.84 Å². The predicted molar refractivity (Wildman–Crippen MR) is 137 cm³/mol. The number of carboxylic acid groups (broad SMARTS) is 1. The molecule has 0 bridgehead atoms. The molecule has 0 amide bonds. The molecule has 4 rings (SSSR count). The maximum absolute atomic E-state index is 13.3. The highest BCUT2D eigenvalue weighted by Gasteiger charge is 2.45. The fraction of sp³-hybridized carbons (Fsp3) is 0.464. The summed E-state index contributed by atoms with van der Waals surface area (Å²) < 4.78 is 46.0. The molecule has 3 unspecified atom stereocenters. The van der Waals surface area contributed by atoms with Gasteiger partial charge in [-0.3, -0.25) is 14.4 Å². The van der Waals surface area contributed by atoms with E-state index < -0.39 is 41.0 Å². The number of carbonyl (C=O) groups is 2. The molecule has 1 saturated carbocycles. The number of halogens is 3. The summed E-state index contributed by atoms with van der Waals surface area (Å²) in [6.45, 7) is 2.53. The lowest BCUT2D eigenvalue weighted by molar-refractivity contribution is -0.144. The van der Waals surface area contributed by atoms with Crippen LogP contribution in [0.25, 0.3) is 10.9 Å². The van der Waals surface area contributed by atoms with Gasteiger partial charge in [0.2, 0.25) is 0 Å². The molecule has 0 saturated heterocycles. The Kier molecular flexibility index (Phi) is 8.66. The van der Waals surface area contributed by atoms with Crippen LogP contribution in [0.3, 0.4) is 0 Å². The Morgan fingerprint density at radius 2 is 1.82 bits per heavy atom. The standard InChI is InChI=1S/C28H30F3N3O5/c1-2-3-4-5-14-39-20-10-6-17(7-11-20)25(35)21-12-8-18(24(21)27(37)38)16-34-26(36)22-15-19(28(29,30)31)9-13-23(22)32-33-34/h6-7,9-11,13,15,18,21,24H,2-5,8,12,14,16H2,1H3,(H,37,38). The normalized spacial score (nSPS) is 19.3. The molecule has 3 atom stereocenters. The Morgan fingerprint density at radius 1 is 1.08 bits per heavy atom. The Morgan fingerprint density at radius 3 is 2.49 bits per heavy atom. The summed E-state index contributed by atoms with van der Waals surface area (Å²) in [6, 6.07) is 9.23. The molecule has 1 aliphatic carbocycles. The molecule has 1 fully saturated rings. The summed E-state index contributed by atoms with van der Waals surface area (Å²) in [5.41, 5.74) is -1.41. The van der Waals surface area contributed by atoms with Gasteiger partial charge in [-0.15, -0.1) is 5.10 Å². The van der Waals surface area contributed by atoms with Crippen LogP contribution in [0.1, 0.15) is 61.4 Å². The Bertz CT molecular complexity index is 1390. The van der Waals surface area contributed by atoms with Crippen LogP contribution in [0.4, 0.5) is 13.2 Å². The average molecular weight is 546 g/mol. The minimum atomic E-state index is -4.64. The third-order valence-corrected chi connectivity index (χ3v) is 7.27. The molecular weight excluding hydrogens is 515 g/mol. The van der Waals surface area contributed by atoms with E-state index in [1.807, 2.05) is 0 Å². The lowest BCUT2D eigenvalue weighted by Crippen LogP contribution is -2.34. The minimum absolute atomic E-state index is 0.00639. The highest BCUT2D eigenvalue weighted by atomic mass is 19.4. The first kappa shape index (κ1) is 28.3. The van der Waals surface area contributed by atoms with Crippen molar-refractivity contribution in [1.29, 1.82) is 0 Å². The summed E-state index contributed by atoms with van der Waals surface area (Å²) in [6.07, 6.45) is 0.285. The van der Waals surface area contributed by atoms with Crippen molar-refractivity contribution < 1.29 is 32.6 Å². The largest absolute Gasteiger partial charge is 0.494 e. The van der Waals surface area contributed by atoms with Crippen molar-refractivity contribution in [1.82, 2.24) is 15.0 Å². The van der Waals surface area contributed by atoms with Crippen LogP contribution in [-0.2, 0) is 17.5 Å². The van der Waals surface area contributed by atoms with Crippen molar-refractivity contribution in [3.05, 3.63) is 63.9 Å². The first-order valence-corrected chi connectivity index (χ1v) is 13.0. The molecule has 1 heterocycles. The van der Waals surface area contributed by atoms with E-state index >= 15 is 0 Å². The van der Waals surface area contributed by atoms with E-state index in [9.17, 15) is 32.7 Å². The van der Waals surface area contributed by atoms with Gasteiger partial charge >= 0.3 is 12.1 Å². The van der Waals surface area contributed by atoms with Gasteiger partial charge in [0.05, 0.1) is 30.0 Å². The van der Waals surface area contributed by atoms with Gasteiger partial charge in [-0.2, -0.15) is 13.2 Å². The zero-order valence-electron chi connectivity index (χ0n) is 21.5. The fourth-order valence-corrected chi connectivity index (χ4v) is 5.20. The van der Waals surface area contributed by atoms with Gasteiger partial charge in [-0.1, -0.05) is 31.4 Å². The molecule has 11 heteroatoms. The molecule has 39 heavy (non-hydrogen) atoms. The number of carbonyl (C=O) groups excluding carboxylic acids is 1. The number of unbranched alkanes of at least 4 members (excludes halogenated alkanes) is 3. The van der Waals surface area contributed by atoms with Crippen molar-refractivity contribution >= 4 is 22.7 Å². The van der Waals surface area contributed by atoms with Crippen molar-refractivity contribution in [2.45, 2.75) is 58.2 Å². The second-order valence-corrected chi connectivity index (χ2v) is 9.91. The number of ketones is 1. The molecule has 2 aromatic carbocycles. The first-order chi connectivity index (χ1) is 18.6. The van der Waals surface area contributed by atoms with Gasteiger partial charge in [-0.05, 0) is 67.6 Å². The van der Waals surface area contributed by atoms with Crippen molar-refractivity contribution in [2.24, 2.45) is 17.8 Å². The van der Waals surface area contributed by atoms with Crippen molar-refractivity contribution in [3.63, 3.8) is 0 Å². The van der Waals surface area contributed by atoms with E-state index in [1.165, 1.54) is 0 Å². The Labute approximate surface area is 222 Å². The number of alkyl halides is 3. The molecular formula is C28H30F3N3O5. The minimum Gasteiger partial charge on any atom is -0.494 e. The van der Waals surface area contributed by atoms with Crippen molar-refractivity contribution in [2.75, 3.05) is 6.61 Å². The molecule has 8 nitrogen and oxygen atoms in total. The quantitative estimate of drug-likeness (QED) is 0.254. The fourth-order valence-electron chi connectivity index (χ4n) is 5.20. The molecule has 208 valence electrons. The lowest BCUT2D eigenvalue weighted by atomic mass is 9.84. The number of hydrogen-bond acceptors (Lipinski definition) is 6. The van der Waals surface area contributed by atoms with E-state index in [0.29, 0.717) is 30.8 Å². The SMILES string of the molecule is CCCCCCOc1ccc(C(=O)C2CCC(Cn3nnc4ccc(C(F)(F)F)cc4c3=O)C2C(=O)O)cc1. The Hall–Kier alpha value is -3.76. The maximum Gasteiger partial charge on any atom is 0.416 e. The predicted octanol–water partition coefficient (Wildman–Crippen LogP) is 5.38. The highest BCUT2D eigenvalue weighted by molar-refractivity contribution is 6.00. The summed E-state index contributed by atoms with van der Waals surface area (Å²) in [5, 5.41) is 17.4. The summed E-state index contributed by atoms with van der Waals surface area (Å²) in [4.78, 5) is 38.4. The van der Waals surface area contributed by atoms with E-state index in [1.54, 1.807) is 24.3 Å². The first-order valence-electron chi connectivity index (χ1n) is 13.0. The molecule has 0 aliphatic heterocycles. The van der Waals surface area contributed by atoms with Crippen LogP contribution in [0.15, 0.2) is 47.3 Å². The smallest absolute Gasteiger partial charge is 0.416 e. The number of nitrogens with zero attached hydrogens (tertiary/aromatic N) is 3. The van der Waals surface area contributed by atoms with Crippen LogP contribution in [0.2, 0.25) is 0 Å². The third-order valence-electron chi connectivity index (χ3n) is 7.27. The topological polar surface area (TPSA) is 111 Å². The molecule has 3 aromatic rings. The number of carboxylic acids is 1. The van der Waals surface area contributed by atoms with Gasteiger partial charge in [-0.25, -0.2) is 4.68 Å². The molecule has 1 N–H and O–H groups in total. The zero-order chi connectivity index (χ0) is 28.2. The number of hydrogen-bond donors (Lipinski definition) is 1. The van der Waals surface area contributed by atoms with Crippen LogP contribution in [-0.4, -0.2) is 38.5 Å². The summed E-state index contributed by atoms with van der Waals surface area (Å²) in [7, 11) is 0. The number of aliphatic carboxylic acids is 1. The number of fused-ring (bicyclic) bond motifs is 1. The van der Waals surface area contributed by atoms with Crippen LogP contribution in [0.5, 0.6) is 5.75 Å². The number of aromatic nitrogens is 3. The molecule has 1 aliphatic rings. The third kappa shape index (κ3) is 6.46. The van der Waals surface area contributed by atoms with E-state index in [-0.39, 0.29) is 23.2 Å². The monoisotopic (exact) mass is 545 g/mol. The number of Topliss-reactive ketones (excluding diaryl/α,β-unsaturated/α-hetero) is 1.